The molecule has 0 amide bonds. The zero-order valence-electron chi connectivity index (χ0n) is 11.3. The molecule has 0 aliphatic rings. The number of rotatable bonds is 5. The maximum absolute atomic E-state index is 12.5. The van der Waals surface area contributed by atoms with Crippen LogP contribution in [-0.2, 0) is 16.6 Å². The van der Waals surface area contributed by atoms with Crippen molar-refractivity contribution in [2.45, 2.75) is 31.3 Å². The molecule has 0 spiro atoms. The molecule has 108 valence electrons. The monoisotopic (exact) mass is 311 g/mol. The Morgan fingerprint density at radius 3 is 2.65 bits per heavy atom. The van der Waals surface area contributed by atoms with Gasteiger partial charge in [-0.1, -0.05) is 0 Å². The molecular formula is C13H17N3O2S2. The minimum atomic E-state index is -3.58. The minimum absolute atomic E-state index is 0.221. The van der Waals surface area contributed by atoms with Crippen LogP contribution < -0.4 is 10.5 Å². The van der Waals surface area contributed by atoms with Gasteiger partial charge < -0.3 is 5.73 Å². The highest BCUT2D eigenvalue weighted by atomic mass is 32.2. The zero-order valence-corrected chi connectivity index (χ0v) is 13.0. The number of aryl methyl sites for hydroxylation is 1. The van der Waals surface area contributed by atoms with Gasteiger partial charge in [-0.2, -0.15) is 0 Å². The SMILES string of the molecule is Cc1csc(CN)c1S(=O)(=O)NC(C)c1ccncc1. The van der Waals surface area contributed by atoms with Gasteiger partial charge in [0, 0.05) is 29.9 Å². The first-order valence-electron chi connectivity index (χ1n) is 6.15. The molecule has 2 rings (SSSR count). The number of hydrogen-bond acceptors (Lipinski definition) is 5. The molecule has 0 saturated heterocycles. The highest BCUT2D eigenvalue weighted by molar-refractivity contribution is 7.89. The molecule has 0 aromatic carbocycles. The molecule has 2 heterocycles. The van der Waals surface area contributed by atoms with Gasteiger partial charge in [-0.3, -0.25) is 4.98 Å². The van der Waals surface area contributed by atoms with E-state index >= 15 is 0 Å². The molecule has 5 nitrogen and oxygen atoms in total. The molecule has 0 radical (unpaired) electrons. The van der Waals surface area contributed by atoms with Gasteiger partial charge in [0.05, 0.1) is 0 Å². The zero-order chi connectivity index (χ0) is 14.8. The highest BCUT2D eigenvalue weighted by Gasteiger charge is 2.24. The van der Waals surface area contributed by atoms with Crippen LogP contribution >= 0.6 is 11.3 Å². The van der Waals surface area contributed by atoms with E-state index in [1.54, 1.807) is 38.4 Å². The van der Waals surface area contributed by atoms with Gasteiger partial charge in [-0.25, -0.2) is 13.1 Å². The molecule has 0 aliphatic heterocycles. The lowest BCUT2D eigenvalue weighted by Gasteiger charge is -2.15. The Morgan fingerprint density at radius 1 is 1.40 bits per heavy atom. The minimum Gasteiger partial charge on any atom is -0.326 e. The van der Waals surface area contributed by atoms with E-state index in [0.717, 1.165) is 11.1 Å². The summed E-state index contributed by atoms with van der Waals surface area (Å²) in [6, 6.07) is 3.25. The van der Waals surface area contributed by atoms with Crippen molar-refractivity contribution in [3.8, 4) is 0 Å². The third-order valence-electron chi connectivity index (χ3n) is 2.98. The molecule has 20 heavy (non-hydrogen) atoms. The molecule has 1 unspecified atom stereocenters. The molecule has 3 N–H and O–H groups in total. The smallest absolute Gasteiger partial charge is 0.242 e. The van der Waals surface area contributed by atoms with Crippen molar-refractivity contribution >= 4 is 21.4 Å². The summed E-state index contributed by atoms with van der Waals surface area (Å²) in [7, 11) is -3.58. The summed E-state index contributed by atoms with van der Waals surface area (Å²) in [4.78, 5) is 4.91. The van der Waals surface area contributed by atoms with Gasteiger partial charge in [-0.15, -0.1) is 11.3 Å². The predicted molar refractivity (Wildman–Crippen MR) is 79.9 cm³/mol. The number of sulfonamides is 1. The molecule has 2 aromatic heterocycles. The van der Waals surface area contributed by atoms with E-state index in [9.17, 15) is 8.42 Å². The normalized spacial score (nSPS) is 13.3. The number of aromatic nitrogens is 1. The van der Waals surface area contributed by atoms with E-state index in [1.165, 1.54) is 11.3 Å². The topological polar surface area (TPSA) is 85.1 Å². The number of nitrogens with two attached hydrogens (primary N) is 1. The maximum Gasteiger partial charge on any atom is 0.242 e. The molecule has 2 aromatic rings. The third-order valence-corrected chi connectivity index (χ3v) is 6.01. The Bertz CT molecular complexity index is 681. The molecular weight excluding hydrogens is 294 g/mol. The number of thiophene rings is 1. The van der Waals surface area contributed by atoms with E-state index in [2.05, 4.69) is 9.71 Å². The second-order valence-corrected chi connectivity index (χ2v) is 7.11. The standard InChI is InChI=1S/C13H17N3O2S2/c1-9-8-19-12(7-14)13(9)20(17,18)16-10(2)11-3-5-15-6-4-11/h3-6,8,10,16H,7,14H2,1-2H3. The molecule has 0 fully saturated rings. The summed E-state index contributed by atoms with van der Waals surface area (Å²) in [5.74, 6) is 0. The lowest BCUT2D eigenvalue weighted by molar-refractivity contribution is 0.565. The Kier molecular flexibility index (Phi) is 4.54. The molecule has 0 aliphatic carbocycles. The van der Waals surface area contributed by atoms with Crippen molar-refractivity contribution in [2.75, 3.05) is 0 Å². The van der Waals surface area contributed by atoms with Crippen LogP contribution in [-0.4, -0.2) is 13.4 Å². The number of nitrogens with zero attached hydrogens (tertiary/aromatic N) is 1. The Morgan fingerprint density at radius 2 is 2.05 bits per heavy atom. The quantitative estimate of drug-likeness (QED) is 0.884. The van der Waals surface area contributed by atoms with Crippen LogP contribution in [0.4, 0.5) is 0 Å². The lowest BCUT2D eigenvalue weighted by atomic mass is 10.1. The Labute approximate surface area is 122 Å². The Balaban J connectivity index is 2.30. The predicted octanol–water partition coefficient (Wildman–Crippen LogP) is 1.95. The molecule has 0 saturated carbocycles. The second-order valence-electron chi connectivity index (χ2n) is 4.50. The summed E-state index contributed by atoms with van der Waals surface area (Å²) < 4.78 is 27.7. The van der Waals surface area contributed by atoms with Crippen LogP contribution in [0.5, 0.6) is 0 Å². The van der Waals surface area contributed by atoms with Crippen molar-refractivity contribution in [3.63, 3.8) is 0 Å². The Hall–Kier alpha value is -1.28. The van der Waals surface area contributed by atoms with Crippen LogP contribution in [0, 0.1) is 6.92 Å². The van der Waals surface area contributed by atoms with Crippen LogP contribution in [0.25, 0.3) is 0 Å². The first-order chi connectivity index (χ1) is 9.45. The summed E-state index contributed by atoms with van der Waals surface area (Å²) in [5, 5.41) is 1.81. The summed E-state index contributed by atoms with van der Waals surface area (Å²) in [6.45, 7) is 3.80. The lowest BCUT2D eigenvalue weighted by Crippen LogP contribution is -2.28. The van der Waals surface area contributed by atoms with Crippen LogP contribution in [0.3, 0.4) is 0 Å². The fourth-order valence-corrected chi connectivity index (χ4v) is 4.94. The molecule has 1 atom stereocenters. The average Bonchev–Trinajstić information content (AvgIpc) is 2.81. The van der Waals surface area contributed by atoms with Crippen molar-refractivity contribution < 1.29 is 8.42 Å². The molecule has 7 heteroatoms. The van der Waals surface area contributed by atoms with Crippen molar-refractivity contribution in [3.05, 3.63) is 45.9 Å². The third kappa shape index (κ3) is 3.06. The van der Waals surface area contributed by atoms with Gasteiger partial charge in [0.2, 0.25) is 10.0 Å². The summed E-state index contributed by atoms with van der Waals surface area (Å²) >= 11 is 1.37. The van der Waals surface area contributed by atoms with Crippen LogP contribution in [0.2, 0.25) is 0 Å². The summed E-state index contributed by atoms with van der Waals surface area (Å²) in [5.41, 5.74) is 7.21. The van der Waals surface area contributed by atoms with Crippen LogP contribution in [0.15, 0.2) is 34.8 Å². The van der Waals surface area contributed by atoms with Gasteiger partial charge >= 0.3 is 0 Å². The van der Waals surface area contributed by atoms with Gasteiger partial charge in [0.25, 0.3) is 0 Å². The van der Waals surface area contributed by atoms with E-state index in [4.69, 9.17) is 5.73 Å². The summed E-state index contributed by atoms with van der Waals surface area (Å²) in [6.07, 6.45) is 3.28. The van der Waals surface area contributed by atoms with E-state index in [1.807, 2.05) is 5.38 Å². The van der Waals surface area contributed by atoms with E-state index < -0.39 is 10.0 Å². The fourth-order valence-electron chi connectivity index (χ4n) is 2.00. The fraction of sp³-hybridized carbons (Fsp3) is 0.308. The highest BCUT2D eigenvalue weighted by Crippen LogP contribution is 2.27. The van der Waals surface area contributed by atoms with Crippen molar-refractivity contribution in [1.82, 2.24) is 9.71 Å². The molecule has 0 bridgehead atoms. The van der Waals surface area contributed by atoms with Gasteiger partial charge in [0.1, 0.15) is 4.90 Å². The number of hydrogen-bond donors (Lipinski definition) is 2. The first-order valence-corrected chi connectivity index (χ1v) is 8.51. The number of nitrogens with one attached hydrogen (secondary N) is 1. The van der Waals surface area contributed by atoms with Crippen LogP contribution in [0.1, 0.15) is 29.0 Å². The first kappa shape index (κ1) is 15.1. The number of pyridine rings is 1. The second kappa shape index (κ2) is 6.01. The maximum atomic E-state index is 12.5. The van der Waals surface area contributed by atoms with Gasteiger partial charge in [-0.05, 0) is 42.5 Å². The van der Waals surface area contributed by atoms with E-state index in [-0.39, 0.29) is 12.6 Å². The van der Waals surface area contributed by atoms with Gasteiger partial charge in [0.15, 0.2) is 0 Å². The largest absolute Gasteiger partial charge is 0.326 e. The van der Waals surface area contributed by atoms with Crippen molar-refractivity contribution in [1.29, 1.82) is 0 Å². The average molecular weight is 311 g/mol. The van der Waals surface area contributed by atoms with E-state index in [0.29, 0.717) is 9.77 Å². The van der Waals surface area contributed by atoms with Crippen molar-refractivity contribution in [2.24, 2.45) is 5.73 Å².